The lowest BCUT2D eigenvalue weighted by Gasteiger charge is -2.58. The maximum Gasteiger partial charge on any atom is 0.188 e. The Labute approximate surface area is 454 Å². The summed E-state index contributed by atoms with van der Waals surface area (Å²) in [6.07, 6.45) is 20.3. The number of aliphatic hydroxyl groups is 2. The van der Waals surface area contributed by atoms with Crippen LogP contribution in [0, 0.1) is 75.4 Å². The number of nitrogens with zero attached hydrogens (tertiary/aromatic N) is 2. The minimum atomic E-state index is -1.25. The predicted octanol–water partition coefficient (Wildman–Crippen LogP) is 9.61. The molecule has 8 aliphatic rings. The Morgan fingerprint density at radius 3 is 2.70 bits per heavy atom. The summed E-state index contributed by atoms with van der Waals surface area (Å²) < 4.78 is 0. The highest BCUT2D eigenvalue weighted by atomic mass is 32.1. The average molecular weight is 1050 g/mol. The van der Waals surface area contributed by atoms with E-state index >= 15 is 4.79 Å². The Bertz CT molecular complexity index is 3360. The first-order valence-corrected chi connectivity index (χ1v) is 29.3. The summed E-state index contributed by atoms with van der Waals surface area (Å²) in [4.78, 5) is 32.7. The second-order valence-electron chi connectivity index (χ2n) is 24.0. The Morgan fingerprint density at radius 1 is 1.04 bits per heavy atom. The maximum absolute atomic E-state index is 16.1. The van der Waals surface area contributed by atoms with Crippen molar-refractivity contribution in [1.29, 1.82) is 0 Å². The van der Waals surface area contributed by atoms with Crippen LogP contribution in [0.25, 0.3) is 15.8 Å². The van der Waals surface area contributed by atoms with Gasteiger partial charge in [-0.05, 0) is 178 Å². The fourth-order valence-electron chi connectivity index (χ4n) is 17.4. The van der Waals surface area contributed by atoms with Crippen LogP contribution in [0.15, 0.2) is 84.3 Å². The molecule has 2 aromatic carbocycles. The van der Waals surface area contributed by atoms with E-state index in [0.29, 0.717) is 30.8 Å². The highest BCUT2D eigenvalue weighted by Crippen LogP contribution is 2.77. The number of thiophene rings is 2. The first kappa shape index (κ1) is 49.6. The number of guanidine groups is 1. The number of hydrogen-bond acceptors (Lipinski definition) is 10. The largest absolute Gasteiger partial charge is 0.507 e. The van der Waals surface area contributed by atoms with Crippen molar-refractivity contribution in [3.63, 3.8) is 0 Å². The number of carbonyl (C=O) groups is 1. The van der Waals surface area contributed by atoms with Crippen molar-refractivity contribution in [2.24, 2.45) is 62.5 Å². The first-order valence-electron chi connectivity index (χ1n) is 27.6. The van der Waals surface area contributed by atoms with Gasteiger partial charge in [0.15, 0.2) is 11.7 Å². The number of allylic oxidation sites excluding steroid dienone is 1. The van der Waals surface area contributed by atoms with Crippen LogP contribution < -0.4 is 21.7 Å². The molecule has 13 rings (SSSR count). The number of benzene rings is 2. The highest BCUT2D eigenvalue weighted by molar-refractivity contribution is 7.23. The van der Waals surface area contributed by atoms with E-state index < -0.39 is 22.5 Å². The SMILES string of the molecule is CC#Cc1ccc(-c2ccc(C(=O)C3CCC45C=CC6C(C7C#Cc8c(cc(O)c9c8NC(C=C9)C(C)(O)Cc8cccc9c8C(c8cnc[nH]8)CCC97)CC4NC(N)=NC)C4(CCC(CNC)C4CO)CC36C5)s2)s1. The standard InChI is InChI=1S/C63H69N7O4S2/c1-5-7-38-10-16-50(75-38)51-17-18-52(76-51)58(73)46-22-24-61-23-21-45-56(62(33-63(45,46)32-61)25-20-36(29-65-3)47(62)31-71)42-13-11-39-37(27-54(61)70-59(64)66-4)26-49(72)44-15-19-53(69-57(39)44)60(2,74)28-35-8-6-9-41-40(42)12-14-43(55(35)41)48-30-67-34-68-48/h6,8-10,15-19,21,23,26,30,34,36,40,42-43,45-47,53-54,56,65,69,71-72,74H,12,14,20,22,24-25,27-29,31-33H2,1-4H3,(H,67,68)(H3,64,66,70). The summed E-state index contributed by atoms with van der Waals surface area (Å²) in [5.74, 6) is 14.8. The molecule has 3 saturated carbocycles. The van der Waals surface area contributed by atoms with Gasteiger partial charge in [-0.2, -0.15) is 0 Å². The molecule has 392 valence electrons. The molecule has 11 nitrogen and oxygen atoms in total. The van der Waals surface area contributed by atoms with Crippen LogP contribution in [-0.4, -0.2) is 82.0 Å². The normalized spacial score (nSPS) is 35.2. The topological polar surface area (TPSA) is 181 Å². The molecule has 13 heteroatoms. The number of aliphatic hydroxyl groups excluding tert-OH is 1. The van der Waals surface area contributed by atoms with Gasteiger partial charge in [-0.15, -0.1) is 28.6 Å². The quantitative estimate of drug-likeness (QED) is 0.0247. The number of nitrogens with one attached hydrogen (secondary N) is 4. The van der Waals surface area contributed by atoms with Crippen LogP contribution in [0.2, 0.25) is 0 Å². The number of imidazole rings is 1. The number of Topliss-reactive ketones (excluding diaryl/α,β-unsaturated/α-hetero) is 1. The van der Waals surface area contributed by atoms with Crippen molar-refractivity contribution in [3.05, 3.63) is 128 Å². The summed E-state index contributed by atoms with van der Waals surface area (Å²) in [6, 6.07) is 16.2. The molecule has 76 heavy (non-hydrogen) atoms. The fourth-order valence-corrected chi connectivity index (χ4v) is 19.4. The molecule has 0 radical (unpaired) electrons. The van der Waals surface area contributed by atoms with Crippen molar-refractivity contribution >= 4 is 46.2 Å². The second kappa shape index (κ2) is 18.6. The monoisotopic (exact) mass is 1050 g/mol. The van der Waals surface area contributed by atoms with Gasteiger partial charge < -0.3 is 42.0 Å². The van der Waals surface area contributed by atoms with Gasteiger partial charge in [0.1, 0.15) is 5.75 Å². The summed E-state index contributed by atoms with van der Waals surface area (Å²) in [6.45, 7) is 4.64. The third kappa shape index (κ3) is 7.57. The maximum atomic E-state index is 16.1. The van der Waals surface area contributed by atoms with Crippen LogP contribution >= 0.6 is 22.7 Å². The number of aromatic nitrogens is 2. The van der Waals surface area contributed by atoms with E-state index in [0.717, 1.165) is 99.1 Å². The van der Waals surface area contributed by atoms with E-state index in [1.807, 2.05) is 45.3 Å². The van der Waals surface area contributed by atoms with E-state index in [9.17, 15) is 15.3 Å². The third-order valence-corrected chi connectivity index (χ3v) is 22.7. The Balaban J connectivity index is 1.08. The van der Waals surface area contributed by atoms with Crippen molar-refractivity contribution < 1.29 is 20.1 Å². The van der Waals surface area contributed by atoms with Crippen LogP contribution in [0.3, 0.4) is 0 Å². The molecule has 5 aromatic rings. The number of ketones is 1. The number of aromatic hydroxyl groups is 1. The number of phenolic OH excluding ortho intramolecular Hbond substituents is 1. The number of nitrogens with two attached hydrogens (primary N) is 1. The van der Waals surface area contributed by atoms with Crippen LogP contribution in [0.4, 0.5) is 5.69 Å². The van der Waals surface area contributed by atoms with E-state index in [1.54, 1.807) is 36.0 Å². The smallest absolute Gasteiger partial charge is 0.188 e. The Hall–Kier alpha value is -5.93. The number of hydrogen-bond donors (Lipinski definition) is 8. The number of aromatic amines is 1. The molecule has 3 aromatic heterocycles. The average Bonchev–Trinajstić information content (AvgIpc) is 4.23. The number of fused-ring (bicyclic) bond motifs is 5. The minimum absolute atomic E-state index is 0.00813. The molecule has 2 aliphatic heterocycles. The van der Waals surface area contributed by atoms with E-state index in [-0.39, 0.29) is 76.9 Å². The minimum Gasteiger partial charge on any atom is -0.507 e. The molecule has 6 aliphatic carbocycles. The number of phenols is 1. The molecule has 5 heterocycles. The van der Waals surface area contributed by atoms with Gasteiger partial charge in [0.05, 0.1) is 39.0 Å². The van der Waals surface area contributed by atoms with Crippen LogP contribution in [-0.2, 0) is 12.8 Å². The molecular weight excluding hydrogens is 983 g/mol. The first-order chi connectivity index (χ1) is 36.8. The molecule has 0 amide bonds. The summed E-state index contributed by atoms with van der Waals surface area (Å²) in [5, 5.41) is 48.3. The van der Waals surface area contributed by atoms with Gasteiger partial charge in [-0.3, -0.25) is 9.79 Å². The summed E-state index contributed by atoms with van der Waals surface area (Å²) in [7, 11) is 3.74. The third-order valence-electron chi connectivity index (χ3n) is 20.4. The number of anilines is 1. The van der Waals surface area contributed by atoms with Gasteiger partial charge >= 0.3 is 0 Å². The molecule has 14 unspecified atom stereocenters. The number of carbonyl (C=O) groups excluding carboxylic acids is 1. The Kier molecular flexibility index (Phi) is 12.2. The van der Waals surface area contributed by atoms with E-state index in [4.69, 9.17) is 5.73 Å². The zero-order valence-electron chi connectivity index (χ0n) is 43.9. The van der Waals surface area contributed by atoms with E-state index in [1.165, 1.54) is 11.1 Å². The lowest BCUT2D eigenvalue weighted by Crippen LogP contribution is -2.59. The zero-order valence-corrected chi connectivity index (χ0v) is 45.5. The zero-order chi connectivity index (χ0) is 52.3. The van der Waals surface area contributed by atoms with E-state index in [2.05, 4.69) is 109 Å². The summed E-state index contributed by atoms with van der Waals surface area (Å²) >= 11 is 3.28. The highest BCUT2D eigenvalue weighted by Gasteiger charge is 2.73. The van der Waals surface area contributed by atoms with Crippen molar-refractivity contribution in [2.45, 2.75) is 108 Å². The van der Waals surface area contributed by atoms with Gasteiger partial charge in [0, 0.05) is 76.5 Å². The second-order valence-corrected chi connectivity index (χ2v) is 26.1. The van der Waals surface area contributed by atoms with Gasteiger partial charge in [0.2, 0.25) is 0 Å². The summed E-state index contributed by atoms with van der Waals surface area (Å²) in [5.41, 5.74) is 12.0. The molecule has 3 fully saturated rings. The molecular formula is C63H69N7O4S2. The Morgan fingerprint density at radius 2 is 1.89 bits per heavy atom. The number of rotatable bonds is 8. The fraction of sp³-hybridized carbons (Fsp3) is 0.476. The van der Waals surface area contributed by atoms with Gasteiger partial charge in [0.25, 0.3) is 0 Å². The molecule has 3 spiro atoms. The molecule has 14 atom stereocenters. The molecule has 9 N–H and O–H groups in total. The van der Waals surface area contributed by atoms with Crippen LogP contribution in [0.1, 0.15) is 131 Å². The molecule has 0 saturated heterocycles. The van der Waals surface area contributed by atoms with Crippen molar-refractivity contribution in [1.82, 2.24) is 20.6 Å². The van der Waals surface area contributed by atoms with Gasteiger partial charge in [-0.25, -0.2) is 4.98 Å². The van der Waals surface area contributed by atoms with Crippen molar-refractivity contribution in [2.75, 3.05) is 32.6 Å². The number of H-pyrrole nitrogens is 1. The molecule has 11 bridgehead atoms. The number of aliphatic imine (C=N–C) groups is 1. The van der Waals surface area contributed by atoms with Gasteiger partial charge in [-0.1, -0.05) is 60.3 Å². The lowest BCUT2D eigenvalue weighted by atomic mass is 9.47. The predicted molar refractivity (Wildman–Crippen MR) is 303 cm³/mol. The van der Waals surface area contributed by atoms with Crippen molar-refractivity contribution in [3.8, 4) is 39.2 Å². The van der Waals surface area contributed by atoms with Crippen LogP contribution in [0.5, 0.6) is 5.75 Å². The lowest BCUT2D eigenvalue weighted by molar-refractivity contribution is -0.0224.